The highest BCUT2D eigenvalue weighted by Crippen LogP contribution is 2.03. The van der Waals surface area contributed by atoms with E-state index in [1.54, 1.807) is 7.05 Å². The molecule has 0 fully saturated rings. The molecule has 0 saturated carbocycles. The average Bonchev–Trinajstić information content (AvgIpc) is 2.16. The highest BCUT2D eigenvalue weighted by molar-refractivity contribution is 5.94. The van der Waals surface area contributed by atoms with E-state index in [4.69, 9.17) is 0 Å². The molecule has 0 heterocycles. The van der Waals surface area contributed by atoms with Crippen molar-refractivity contribution in [2.45, 2.75) is 13.8 Å². The van der Waals surface area contributed by atoms with Gasteiger partial charge in [0.15, 0.2) is 0 Å². The Hall–Kier alpha value is -1.44. The van der Waals surface area contributed by atoms with Gasteiger partial charge in [-0.2, -0.15) is 0 Å². The Morgan fingerprint density at radius 3 is 2.62 bits per heavy atom. The normalized spacial score (nSPS) is 12.4. The lowest BCUT2D eigenvalue weighted by Crippen LogP contribution is -1.90. The van der Waals surface area contributed by atoms with Crippen molar-refractivity contribution in [3.05, 3.63) is 35.4 Å². The summed E-state index contributed by atoms with van der Waals surface area (Å²) >= 11 is 0. The zero-order chi connectivity index (χ0) is 9.68. The molecule has 0 amide bonds. The first-order chi connectivity index (χ1) is 6.24. The van der Waals surface area contributed by atoms with E-state index in [1.807, 2.05) is 31.3 Å². The fraction of sp³-hybridized carbons (Fsp3) is 0.273. The maximum Gasteiger partial charge on any atom is 0.119 e. The van der Waals surface area contributed by atoms with Gasteiger partial charge in [-0.3, -0.25) is 4.99 Å². The molecule has 0 aromatic heterocycles. The lowest BCUT2D eigenvalue weighted by Gasteiger charge is -1.97. The van der Waals surface area contributed by atoms with Gasteiger partial charge in [-0.15, -0.1) is 0 Å². The number of hydrogen-bond donors (Lipinski definition) is 0. The lowest BCUT2D eigenvalue weighted by molar-refractivity contribution is 1.38. The molecule has 0 N–H and O–H groups in total. The van der Waals surface area contributed by atoms with Crippen LogP contribution in [0, 0.1) is 6.92 Å². The number of rotatable bonds is 1. The zero-order valence-corrected chi connectivity index (χ0v) is 8.28. The van der Waals surface area contributed by atoms with Crippen molar-refractivity contribution in [1.82, 2.24) is 0 Å². The van der Waals surface area contributed by atoms with Gasteiger partial charge in [-0.25, -0.2) is 4.99 Å². The second kappa shape index (κ2) is 4.55. The van der Waals surface area contributed by atoms with Crippen molar-refractivity contribution < 1.29 is 0 Å². The first-order valence-corrected chi connectivity index (χ1v) is 4.27. The van der Waals surface area contributed by atoms with Crippen LogP contribution in [-0.2, 0) is 0 Å². The van der Waals surface area contributed by atoms with Crippen LogP contribution in [0.25, 0.3) is 0 Å². The minimum atomic E-state index is 0.795. The summed E-state index contributed by atoms with van der Waals surface area (Å²) in [7, 11) is 1.74. The standard InChI is InChI=1S/C11H14N2/c1-9-6-4-5-7-11(9)8-13-10(2)12-3/h4-8H,1-3H3. The number of hydrogen-bond acceptors (Lipinski definition) is 1. The molecule has 0 spiro atoms. The molecule has 1 aromatic rings. The predicted molar refractivity (Wildman–Crippen MR) is 57.8 cm³/mol. The van der Waals surface area contributed by atoms with Crippen LogP contribution in [0.15, 0.2) is 34.3 Å². The van der Waals surface area contributed by atoms with Crippen LogP contribution in [0.4, 0.5) is 0 Å². The molecule has 0 atom stereocenters. The minimum absolute atomic E-state index is 0.795. The van der Waals surface area contributed by atoms with Gasteiger partial charge in [0.05, 0.1) is 0 Å². The van der Waals surface area contributed by atoms with Gasteiger partial charge < -0.3 is 0 Å². The van der Waals surface area contributed by atoms with Crippen molar-refractivity contribution in [1.29, 1.82) is 0 Å². The molecule has 1 aromatic carbocycles. The third-order valence-electron chi connectivity index (χ3n) is 1.90. The first-order valence-electron chi connectivity index (χ1n) is 4.27. The molecule has 0 radical (unpaired) electrons. The average molecular weight is 174 g/mol. The van der Waals surface area contributed by atoms with E-state index in [2.05, 4.69) is 23.0 Å². The topological polar surface area (TPSA) is 24.7 Å². The Labute approximate surface area is 79.0 Å². The quantitative estimate of drug-likeness (QED) is 0.461. The number of aliphatic imine (C=N–C) groups is 2. The Balaban J connectivity index is 2.86. The summed E-state index contributed by atoms with van der Waals surface area (Å²) < 4.78 is 0. The second-order valence-electron chi connectivity index (χ2n) is 2.89. The van der Waals surface area contributed by atoms with Crippen molar-refractivity contribution in [3.8, 4) is 0 Å². The summed E-state index contributed by atoms with van der Waals surface area (Å²) in [5.41, 5.74) is 2.38. The molecule has 0 unspecified atom stereocenters. The largest absolute Gasteiger partial charge is 0.274 e. The van der Waals surface area contributed by atoms with Gasteiger partial charge in [0, 0.05) is 13.3 Å². The molecular formula is C11H14N2. The van der Waals surface area contributed by atoms with Crippen LogP contribution in [0.1, 0.15) is 18.1 Å². The summed E-state index contributed by atoms with van der Waals surface area (Å²) in [5.74, 6) is 0.795. The summed E-state index contributed by atoms with van der Waals surface area (Å²) in [6.45, 7) is 3.95. The third-order valence-corrected chi connectivity index (χ3v) is 1.90. The summed E-state index contributed by atoms with van der Waals surface area (Å²) in [4.78, 5) is 8.15. The summed E-state index contributed by atoms with van der Waals surface area (Å²) in [6.07, 6.45) is 1.84. The van der Waals surface area contributed by atoms with Crippen molar-refractivity contribution in [3.63, 3.8) is 0 Å². The summed E-state index contributed by atoms with van der Waals surface area (Å²) in [6, 6.07) is 8.14. The highest BCUT2D eigenvalue weighted by atomic mass is 14.9. The van der Waals surface area contributed by atoms with Crippen molar-refractivity contribution in [2.24, 2.45) is 9.98 Å². The Morgan fingerprint density at radius 1 is 1.31 bits per heavy atom. The Morgan fingerprint density at radius 2 is 2.00 bits per heavy atom. The first kappa shape index (κ1) is 9.65. The molecule has 2 nitrogen and oxygen atoms in total. The molecular weight excluding hydrogens is 160 g/mol. The number of aryl methyl sites for hydroxylation is 1. The van der Waals surface area contributed by atoms with Gasteiger partial charge in [0.25, 0.3) is 0 Å². The SMILES string of the molecule is CN=C(C)N=Cc1ccccc1C. The molecule has 2 heteroatoms. The van der Waals surface area contributed by atoms with Gasteiger partial charge in [0.1, 0.15) is 5.84 Å². The smallest absolute Gasteiger partial charge is 0.119 e. The van der Waals surface area contributed by atoms with Crippen molar-refractivity contribution >= 4 is 12.1 Å². The maximum atomic E-state index is 4.20. The van der Waals surface area contributed by atoms with Crippen molar-refractivity contribution in [2.75, 3.05) is 7.05 Å². The highest BCUT2D eigenvalue weighted by Gasteiger charge is 1.91. The number of nitrogens with zero attached hydrogens (tertiary/aromatic N) is 2. The summed E-state index contributed by atoms with van der Waals surface area (Å²) in [5, 5.41) is 0. The fourth-order valence-corrected chi connectivity index (χ4v) is 0.952. The van der Waals surface area contributed by atoms with Crippen LogP contribution in [-0.4, -0.2) is 19.1 Å². The van der Waals surface area contributed by atoms with Gasteiger partial charge in [0.2, 0.25) is 0 Å². The van der Waals surface area contributed by atoms with E-state index < -0.39 is 0 Å². The monoisotopic (exact) mass is 174 g/mol. The lowest BCUT2D eigenvalue weighted by atomic mass is 10.1. The second-order valence-corrected chi connectivity index (χ2v) is 2.89. The van der Waals surface area contributed by atoms with Gasteiger partial charge in [-0.1, -0.05) is 24.3 Å². The Kier molecular flexibility index (Phi) is 3.38. The van der Waals surface area contributed by atoms with E-state index in [0.717, 1.165) is 11.4 Å². The third kappa shape index (κ3) is 2.82. The fourth-order valence-electron chi connectivity index (χ4n) is 0.952. The van der Waals surface area contributed by atoms with E-state index >= 15 is 0 Å². The van der Waals surface area contributed by atoms with Crippen LogP contribution in [0.2, 0.25) is 0 Å². The van der Waals surface area contributed by atoms with Gasteiger partial charge >= 0.3 is 0 Å². The van der Waals surface area contributed by atoms with E-state index in [1.165, 1.54) is 5.56 Å². The van der Waals surface area contributed by atoms with Crippen LogP contribution in [0.5, 0.6) is 0 Å². The number of amidine groups is 1. The van der Waals surface area contributed by atoms with Crippen LogP contribution >= 0.6 is 0 Å². The molecule has 1 rings (SSSR count). The van der Waals surface area contributed by atoms with E-state index in [0.29, 0.717) is 0 Å². The molecule has 0 aliphatic carbocycles. The zero-order valence-electron chi connectivity index (χ0n) is 8.28. The Bertz CT molecular complexity index is 338. The molecule has 0 bridgehead atoms. The molecule has 68 valence electrons. The van der Waals surface area contributed by atoms with Crippen LogP contribution in [0.3, 0.4) is 0 Å². The molecule has 0 saturated heterocycles. The minimum Gasteiger partial charge on any atom is -0.274 e. The predicted octanol–water partition coefficient (Wildman–Crippen LogP) is 2.46. The molecule has 0 aliphatic rings. The van der Waals surface area contributed by atoms with E-state index in [-0.39, 0.29) is 0 Å². The van der Waals surface area contributed by atoms with Gasteiger partial charge in [-0.05, 0) is 25.0 Å². The number of benzene rings is 1. The molecule has 13 heavy (non-hydrogen) atoms. The molecule has 0 aliphatic heterocycles. The van der Waals surface area contributed by atoms with E-state index in [9.17, 15) is 0 Å². The maximum absolute atomic E-state index is 4.20. The van der Waals surface area contributed by atoms with Crippen LogP contribution < -0.4 is 0 Å².